The Morgan fingerprint density at radius 1 is 1.04 bits per heavy atom. The van der Waals surface area contributed by atoms with Gasteiger partial charge in [0.1, 0.15) is 6.61 Å². The summed E-state index contributed by atoms with van der Waals surface area (Å²) in [6, 6.07) is 13.2. The zero-order valence-electron chi connectivity index (χ0n) is 15.2. The van der Waals surface area contributed by atoms with Crippen molar-refractivity contribution in [1.82, 2.24) is 10.3 Å². The molecule has 3 aromatic rings. The number of pyridine rings is 1. The molecule has 146 valence electrons. The molecule has 0 unspecified atom stereocenters. The first-order chi connectivity index (χ1) is 13.6. The number of hydrogen-bond donors (Lipinski definition) is 1. The standard InChI is InChI=1S/C21H19BrCl2N2O2/c1-27-20-7-16(12-26-11-14-3-2-6-25-10-14)18(22)9-21(20)28-13-15-4-5-17(23)8-19(15)24/h2-10,26H,11-13H2,1H3. The van der Waals surface area contributed by atoms with Crippen molar-refractivity contribution < 1.29 is 9.47 Å². The largest absolute Gasteiger partial charge is 0.493 e. The number of nitrogens with one attached hydrogen (secondary N) is 1. The van der Waals surface area contributed by atoms with E-state index >= 15 is 0 Å². The molecule has 1 heterocycles. The van der Waals surface area contributed by atoms with Gasteiger partial charge < -0.3 is 14.8 Å². The van der Waals surface area contributed by atoms with Crippen LogP contribution in [0.25, 0.3) is 0 Å². The second-order valence-electron chi connectivity index (χ2n) is 6.08. The summed E-state index contributed by atoms with van der Waals surface area (Å²) in [5, 5.41) is 4.57. The predicted molar refractivity (Wildman–Crippen MR) is 116 cm³/mol. The maximum Gasteiger partial charge on any atom is 0.162 e. The summed E-state index contributed by atoms with van der Waals surface area (Å²) >= 11 is 15.8. The minimum absolute atomic E-state index is 0.317. The van der Waals surface area contributed by atoms with Gasteiger partial charge in [-0.2, -0.15) is 0 Å². The molecule has 2 aromatic carbocycles. The number of ether oxygens (including phenoxy) is 2. The average Bonchev–Trinajstić information content (AvgIpc) is 2.69. The highest BCUT2D eigenvalue weighted by Gasteiger charge is 2.12. The van der Waals surface area contributed by atoms with Crippen LogP contribution in [0.1, 0.15) is 16.7 Å². The van der Waals surface area contributed by atoms with Gasteiger partial charge in [-0.15, -0.1) is 0 Å². The molecule has 28 heavy (non-hydrogen) atoms. The average molecular weight is 482 g/mol. The Labute approximate surface area is 182 Å². The van der Waals surface area contributed by atoms with Crippen LogP contribution in [0.3, 0.4) is 0 Å². The van der Waals surface area contributed by atoms with E-state index in [0.29, 0.717) is 34.7 Å². The van der Waals surface area contributed by atoms with Crippen LogP contribution < -0.4 is 14.8 Å². The third-order valence-electron chi connectivity index (χ3n) is 4.10. The zero-order valence-corrected chi connectivity index (χ0v) is 18.3. The van der Waals surface area contributed by atoms with Crippen LogP contribution >= 0.6 is 39.1 Å². The number of halogens is 3. The van der Waals surface area contributed by atoms with E-state index in [2.05, 4.69) is 26.2 Å². The second-order valence-corrected chi connectivity index (χ2v) is 7.78. The molecule has 0 radical (unpaired) electrons. The molecule has 0 aliphatic rings. The molecule has 0 bridgehead atoms. The number of rotatable bonds is 8. The Bertz CT molecular complexity index is 939. The molecule has 0 aliphatic carbocycles. The van der Waals surface area contributed by atoms with Crippen LogP contribution in [-0.2, 0) is 19.7 Å². The van der Waals surface area contributed by atoms with Gasteiger partial charge in [0.2, 0.25) is 0 Å². The Balaban J connectivity index is 1.66. The Kier molecular flexibility index (Phi) is 7.57. The van der Waals surface area contributed by atoms with Crippen LogP contribution in [-0.4, -0.2) is 12.1 Å². The summed E-state index contributed by atoms with van der Waals surface area (Å²) < 4.78 is 12.4. The number of methoxy groups -OCH3 is 1. The van der Waals surface area contributed by atoms with Crippen LogP contribution in [0.5, 0.6) is 11.5 Å². The van der Waals surface area contributed by atoms with Crippen molar-refractivity contribution in [2.24, 2.45) is 0 Å². The van der Waals surface area contributed by atoms with E-state index in [1.165, 1.54) is 0 Å². The third-order valence-corrected chi connectivity index (χ3v) is 5.42. The molecule has 0 saturated carbocycles. The highest BCUT2D eigenvalue weighted by atomic mass is 79.9. The van der Waals surface area contributed by atoms with Crippen molar-refractivity contribution in [3.63, 3.8) is 0 Å². The van der Waals surface area contributed by atoms with Gasteiger partial charge in [0.05, 0.1) is 7.11 Å². The molecule has 0 amide bonds. The molecule has 0 fully saturated rings. The van der Waals surface area contributed by atoms with E-state index in [9.17, 15) is 0 Å². The van der Waals surface area contributed by atoms with Crippen LogP contribution in [0.4, 0.5) is 0 Å². The summed E-state index contributed by atoms with van der Waals surface area (Å²) in [6.07, 6.45) is 3.61. The SMILES string of the molecule is COc1cc(CNCc2cccnc2)c(Br)cc1OCc1ccc(Cl)cc1Cl. The normalized spacial score (nSPS) is 10.7. The molecule has 4 nitrogen and oxygen atoms in total. The van der Waals surface area contributed by atoms with E-state index in [1.807, 2.05) is 36.5 Å². The minimum atomic E-state index is 0.317. The van der Waals surface area contributed by atoms with Gasteiger partial charge in [0.25, 0.3) is 0 Å². The van der Waals surface area contributed by atoms with Gasteiger partial charge in [0.15, 0.2) is 11.5 Å². The van der Waals surface area contributed by atoms with Gasteiger partial charge in [0, 0.05) is 45.6 Å². The van der Waals surface area contributed by atoms with Gasteiger partial charge in [-0.05, 0) is 41.5 Å². The van der Waals surface area contributed by atoms with Crippen molar-refractivity contribution in [1.29, 1.82) is 0 Å². The maximum atomic E-state index is 6.22. The van der Waals surface area contributed by atoms with Gasteiger partial charge in [-0.1, -0.05) is 51.3 Å². The van der Waals surface area contributed by atoms with Gasteiger partial charge in [-0.3, -0.25) is 4.98 Å². The maximum absolute atomic E-state index is 6.22. The lowest BCUT2D eigenvalue weighted by atomic mass is 10.2. The third kappa shape index (κ3) is 5.61. The first-order valence-corrected chi connectivity index (χ1v) is 10.1. The highest BCUT2D eigenvalue weighted by Crippen LogP contribution is 2.34. The number of aromatic nitrogens is 1. The fraction of sp³-hybridized carbons (Fsp3) is 0.190. The summed E-state index contributed by atoms with van der Waals surface area (Å²) in [5.74, 6) is 1.29. The van der Waals surface area contributed by atoms with Gasteiger partial charge in [-0.25, -0.2) is 0 Å². The fourth-order valence-corrected chi connectivity index (χ4v) is 3.55. The molecule has 3 rings (SSSR count). The zero-order chi connectivity index (χ0) is 19.9. The second kappa shape index (κ2) is 10.1. The first-order valence-electron chi connectivity index (χ1n) is 8.59. The molecule has 0 saturated heterocycles. The van der Waals surface area contributed by atoms with E-state index in [4.69, 9.17) is 32.7 Å². The van der Waals surface area contributed by atoms with Crippen molar-refractivity contribution in [3.8, 4) is 11.5 Å². The highest BCUT2D eigenvalue weighted by molar-refractivity contribution is 9.10. The van der Waals surface area contributed by atoms with Crippen LogP contribution in [0, 0.1) is 0 Å². The first kappa shape index (κ1) is 20.9. The molecule has 0 spiro atoms. The molecular weight excluding hydrogens is 463 g/mol. The fourth-order valence-electron chi connectivity index (χ4n) is 2.62. The number of benzene rings is 2. The van der Waals surface area contributed by atoms with Crippen molar-refractivity contribution >= 4 is 39.1 Å². The molecule has 1 aromatic heterocycles. The van der Waals surface area contributed by atoms with Crippen molar-refractivity contribution in [2.45, 2.75) is 19.7 Å². The van der Waals surface area contributed by atoms with E-state index in [-0.39, 0.29) is 0 Å². The van der Waals surface area contributed by atoms with E-state index in [1.54, 1.807) is 25.4 Å². The lowest BCUT2D eigenvalue weighted by molar-refractivity contribution is 0.284. The summed E-state index contributed by atoms with van der Waals surface area (Å²) in [5.41, 5.74) is 3.05. The smallest absolute Gasteiger partial charge is 0.162 e. The van der Waals surface area contributed by atoms with E-state index < -0.39 is 0 Å². The number of hydrogen-bond acceptors (Lipinski definition) is 4. The molecule has 7 heteroatoms. The van der Waals surface area contributed by atoms with Crippen LogP contribution in [0.2, 0.25) is 10.0 Å². The molecule has 0 atom stereocenters. The Morgan fingerprint density at radius 2 is 1.89 bits per heavy atom. The lowest BCUT2D eigenvalue weighted by Crippen LogP contribution is -2.13. The Hall–Kier alpha value is -1.79. The van der Waals surface area contributed by atoms with Crippen LogP contribution in [0.15, 0.2) is 59.3 Å². The molecule has 1 N–H and O–H groups in total. The van der Waals surface area contributed by atoms with Crippen molar-refractivity contribution in [2.75, 3.05) is 7.11 Å². The quantitative estimate of drug-likeness (QED) is 0.426. The molecular formula is C21H19BrCl2N2O2. The summed E-state index contributed by atoms with van der Waals surface area (Å²) in [6.45, 7) is 1.72. The van der Waals surface area contributed by atoms with Gasteiger partial charge >= 0.3 is 0 Å². The topological polar surface area (TPSA) is 43.4 Å². The Morgan fingerprint density at radius 3 is 2.61 bits per heavy atom. The van der Waals surface area contributed by atoms with E-state index in [0.717, 1.165) is 27.7 Å². The van der Waals surface area contributed by atoms with Crippen molar-refractivity contribution in [3.05, 3.63) is 86.1 Å². The predicted octanol–water partition coefficient (Wildman–Crippen LogP) is 6.03. The minimum Gasteiger partial charge on any atom is -0.493 e. The summed E-state index contributed by atoms with van der Waals surface area (Å²) in [7, 11) is 1.62. The lowest BCUT2D eigenvalue weighted by Gasteiger charge is -2.15. The number of nitrogens with zero attached hydrogens (tertiary/aromatic N) is 1. The monoisotopic (exact) mass is 480 g/mol. The molecule has 0 aliphatic heterocycles. The summed E-state index contributed by atoms with van der Waals surface area (Å²) in [4.78, 5) is 4.12.